The smallest absolute Gasteiger partial charge is 0.303 e. The van der Waals surface area contributed by atoms with Gasteiger partial charge in [-0.15, -0.1) is 0 Å². The summed E-state index contributed by atoms with van der Waals surface area (Å²) in [4.78, 5) is 20.4. The Bertz CT molecular complexity index is 1170. The molecule has 0 spiro atoms. The third-order valence-corrected chi connectivity index (χ3v) is 6.10. The van der Waals surface area contributed by atoms with Crippen LogP contribution in [0, 0.1) is 5.92 Å². The molecular weight excluding hydrogens is 490 g/mol. The minimum Gasteiger partial charge on any atom is -0.438 e. The molecule has 1 aromatic heterocycles. The fourth-order valence-electron chi connectivity index (χ4n) is 3.61. The predicted octanol–water partition coefficient (Wildman–Crippen LogP) is 4.86. The zero-order chi connectivity index (χ0) is 25.9. The van der Waals surface area contributed by atoms with Gasteiger partial charge in [0.1, 0.15) is 11.3 Å². The summed E-state index contributed by atoms with van der Waals surface area (Å²) in [6.45, 7) is 0.596. The van der Waals surface area contributed by atoms with E-state index >= 15 is 0 Å². The summed E-state index contributed by atoms with van der Waals surface area (Å²) in [7, 11) is -3.56. The number of carbonyl (C=O) groups excluding carboxylic acids is 1. The lowest BCUT2D eigenvalue weighted by molar-refractivity contribution is -0.0475. The maximum Gasteiger partial charge on any atom is 0.303 e. The number of carbonyl (C=O) groups is 1. The molecule has 35 heavy (non-hydrogen) atoms. The Hall–Kier alpha value is -3.02. The summed E-state index contributed by atoms with van der Waals surface area (Å²) in [6.07, 6.45) is 2.38. The summed E-state index contributed by atoms with van der Waals surface area (Å²) in [5.74, 6) is -8.58. The molecule has 1 atom stereocenters. The summed E-state index contributed by atoms with van der Waals surface area (Å²) < 4.78 is 83.8. The average Bonchev–Trinajstić information content (AvgIpc) is 2.76. The molecule has 1 N–H and O–H groups in total. The SMILES string of the molecule is CC(F)(F)c1ncc(C(=O)NC(/C=C/S(C)(=O)=O)C2CCC(F)(F)CC2)c(Oc2ccccc2)n1. The number of nitrogens with one attached hydrogen (secondary N) is 1. The molecule has 1 heterocycles. The molecule has 1 aliphatic carbocycles. The van der Waals surface area contributed by atoms with Gasteiger partial charge in [-0.2, -0.15) is 13.8 Å². The van der Waals surface area contributed by atoms with Crippen molar-refractivity contribution < 1.29 is 35.5 Å². The van der Waals surface area contributed by atoms with E-state index in [2.05, 4.69) is 15.3 Å². The van der Waals surface area contributed by atoms with E-state index in [1.165, 1.54) is 18.2 Å². The molecule has 190 valence electrons. The van der Waals surface area contributed by atoms with Gasteiger partial charge in [0.25, 0.3) is 5.91 Å². The van der Waals surface area contributed by atoms with Crippen molar-refractivity contribution in [1.29, 1.82) is 0 Å². The van der Waals surface area contributed by atoms with Gasteiger partial charge < -0.3 is 10.1 Å². The number of ether oxygens (including phenoxy) is 1. The number of aromatic nitrogens is 2. The maximum absolute atomic E-state index is 13.8. The van der Waals surface area contributed by atoms with Gasteiger partial charge in [-0.05, 0) is 30.9 Å². The van der Waals surface area contributed by atoms with Crippen LogP contribution in [-0.4, -0.2) is 42.5 Å². The number of alkyl halides is 4. The predicted molar refractivity (Wildman–Crippen MR) is 120 cm³/mol. The van der Waals surface area contributed by atoms with Gasteiger partial charge in [0, 0.05) is 37.6 Å². The number of hydrogen-bond donors (Lipinski definition) is 1. The lowest BCUT2D eigenvalue weighted by Gasteiger charge is -2.32. The third-order valence-electron chi connectivity index (χ3n) is 5.45. The molecule has 0 radical (unpaired) electrons. The van der Waals surface area contributed by atoms with Crippen molar-refractivity contribution in [3.8, 4) is 11.6 Å². The van der Waals surface area contributed by atoms with Gasteiger partial charge in [-0.1, -0.05) is 24.3 Å². The Morgan fingerprint density at radius 1 is 1.23 bits per heavy atom. The first-order valence-electron chi connectivity index (χ1n) is 10.8. The van der Waals surface area contributed by atoms with E-state index in [-0.39, 0.29) is 24.2 Å². The van der Waals surface area contributed by atoms with Gasteiger partial charge >= 0.3 is 5.92 Å². The molecular formula is C23H25F4N3O4S. The highest BCUT2D eigenvalue weighted by Gasteiger charge is 2.38. The highest BCUT2D eigenvalue weighted by atomic mass is 32.2. The van der Waals surface area contributed by atoms with Gasteiger partial charge in [0.15, 0.2) is 9.84 Å². The van der Waals surface area contributed by atoms with Gasteiger partial charge in [0.05, 0.1) is 6.04 Å². The molecule has 0 bridgehead atoms. The number of halogens is 4. The second kappa shape index (κ2) is 10.3. The first kappa shape index (κ1) is 26.6. The number of rotatable bonds is 8. The van der Waals surface area contributed by atoms with Crippen molar-refractivity contribution >= 4 is 15.7 Å². The quantitative estimate of drug-likeness (QED) is 0.504. The molecule has 1 unspecified atom stereocenters. The van der Waals surface area contributed by atoms with E-state index in [4.69, 9.17) is 4.74 Å². The molecule has 0 aliphatic heterocycles. The van der Waals surface area contributed by atoms with Crippen LogP contribution < -0.4 is 10.1 Å². The van der Waals surface area contributed by atoms with Crippen molar-refractivity contribution in [3.05, 3.63) is 59.4 Å². The van der Waals surface area contributed by atoms with Crippen LogP contribution >= 0.6 is 0 Å². The number of nitrogens with zero attached hydrogens (tertiary/aromatic N) is 2. The summed E-state index contributed by atoms with van der Waals surface area (Å²) in [5, 5.41) is 3.50. The fraction of sp³-hybridized carbons (Fsp3) is 0.435. The lowest BCUT2D eigenvalue weighted by atomic mass is 9.82. The van der Waals surface area contributed by atoms with Crippen molar-refractivity contribution in [2.75, 3.05) is 6.26 Å². The van der Waals surface area contributed by atoms with Crippen LogP contribution in [0.4, 0.5) is 17.6 Å². The summed E-state index contributed by atoms with van der Waals surface area (Å²) in [5.41, 5.74) is -0.277. The number of hydrogen-bond acceptors (Lipinski definition) is 6. The molecule has 1 aliphatic rings. The molecule has 7 nitrogen and oxygen atoms in total. The van der Waals surface area contributed by atoms with Crippen LogP contribution in [-0.2, 0) is 15.8 Å². The standard InChI is InChI=1S/C23H25F4N3O4S/c1-22(24,25)21-28-14-17(20(30-21)34-16-6-4-3-5-7-16)19(31)29-18(10-13-35(2,32)33)15-8-11-23(26,27)12-9-15/h3-7,10,13-15,18H,8-9,11-12H2,1-2H3,(H,29,31)/b13-10+. The zero-order valence-electron chi connectivity index (χ0n) is 19.0. The molecule has 3 rings (SSSR count). The molecule has 0 saturated heterocycles. The Morgan fingerprint density at radius 3 is 2.43 bits per heavy atom. The monoisotopic (exact) mass is 515 g/mol. The highest BCUT2D eigenvalue weighted by molar-refractivity contribution is 7.93. The van der Waals surface area contributed by atoms with Crippen molar-refractivity contribution in [2.24, 2.45) is 5.92 Å². The first-order valence-corrected chi connectivity index (χ1v) is 12.7. The van der Waals surface area contributed by atoms with Crippen LogP contribution in [0.2, 0.25) is 0 Å². The van der Waals surface area contributed by atoms with E-state index in [0.717, 1.165) is 17.9 Å². The molecule has 1 fully saturated rings. The number of sulfone groups is 1. The van der Waals surface area contributed by atoms with Crippen molar-refractivity contribution in [3.63, 3.8) is 0 Å². The van der Waals surface area contributed by atoms with E-state index in [9.17, 15) is 30.8 Å². The average molecular weight is 516 g/mol. The number of para-hydroxylation sites is 1. The van der Waals surface area contributed by atoms with E-state index in [1.54, 1.807) is 18.2 Å². The van der Waals surface area contributed by atoms with Crippen LogP contribution in [0.25, 0.3) is 0 Å². The summed E-state index contributed by atoms with van der Waals surface area (Å²) >= 11 is 0. The van der Waals surface area contributed by atoms with Gasteiger partial charge in [-0.25, -0.2) is 22.2 Å². The zero-order valence-corrected chi connectivity index (χ0v) is 19.9. The van der Waals surface area contributed by atoms with Crippen LogP contribution in [0.15, 0.2) is 48.0 Å². The van der Waals surface area contributed by atoms with E-state index in [1.807, 2.05) is 0 Å². The Morgan fingerprint density at radius 2 is 1.86 bits per heavy atom. The normalized spacial score (nSPS) is 17.8. The molecule has 1 amide bonds. The minimum atomic E-state index is -3.56. The lowest BCUT2D eigenvalue weighted by Crippen LogP contribution is -2.42. The molecule has 1 saturated carbocycles. The second-order valence-electron chi connectivity index (χ2n) is 8.57. The largest absolute Gasteiger partial charge is 0.438 e. The Balaban J connectivity index is 1.92. The topological polar surface area (TPSA) is 98.2 Å². The maximum atomic E-state index is 13.8. The molecule has 2 aromatic rings. The van der Waals surface area contributed by atoms with Gasteiger partial charge in [-0.3, -0.25) is 4.79 Å². The first-order chi connectivity index (χ1) is 16.2. The van der Waals surface area contributed by atoms with Crippen LogP contribution in [0.5, 0.6) is 11.6 Å². The van der Waals surface area contributed by atoms with Crippen LogP contribution in [0.3, 0.4) is 0 Å². The van der Waals surface area contributed by atoms with Gasteiger partial charge in [0.2, 0.25) is 17.6 Å². The number of benzene rings is 1. The van der Waals surface area contributed by atoms with E-state index < -0.39 is 64.1 Å². The van der Waals surface area contributed by atoms with Crippen molar-refractivity contribution in [2.45, 2.75) is 50.5 Å². The highest BCUT2D eigenvalue weighted by Crippen LogP contribution is 2.38. The fourth-order valence-corrected chi connectivity index (χ4v) is 4.07. The summed E-state index contributed by atoms with van der Waals surface area (Å²) in [6, 6.07) is 7.14. The molecule has 1 aromatic carbocycles. The molecule has 12 heteroatoms. The van der Waals surface area contributed by atoms with Crippen LogP contribution in [0.1, 0.15) is 48.8 Å². The number of amides is 1. The second-order valence-corrected chi connectivity index (χ2v) is 10.5. The third kappa shape index (κ3) is 7.74. The van der Waals surface area contributed by atoms with Crippen molar-refractivity contribution in [1.82, 2.24) is 15.3 Å². The Kier molecular flexibility index (Phi) is 7.83. The Labute approximate surface area is 200 Å². The minimum absolute atomic E-state index is 0.0525. The van der Waals surface area contributed by atoms with E-state index in [0.29, 0.717) is 6.92 Å².